The first-order valence-corrected chi connectivity index (χ1v) is 5.17. The van der Waals surface area contributed by atoms with Crippen LogP contribution >= 0.6 is 24.0 Å². The first-order valence-electron chi connectivity index (χ1n) is 4.79. The molecule has 15 heavy (non-hydrogen) atoms. The number of hydrogen-bond donors (Lipinski definition) is 1. The van der Waals surface area contributed by atoms with E-state index in [1.54, 1.807) is 0 Å². The third-order valence-corrected chi connectivity index (χ3v) is 2.38. The second kappa shape index (κ2) is 7.94. The van der Waals surface area contributed by atoms with Crippen LogP contribution in [0.15, 0.2) is 24.3 Å². The molecule has 2 nitrogen and oxygen atoms in total. The van der Waals surface area contributed by atoms with Gasteiger partial charge >= 0.3 is 0 Å². The molecule has 1 aromatic carbocycles. The first-order chi connectivity index (χ1) is 6.70. The Morgan fingerprint density at radius 3 is 2.53 bits per heavy atom. The quantitative estimate of drug-likeness (QED) is 0.806. The molecule has 0 aliphatic carbocycles. The highest BCUT2D eigenvalue weighted by atomic mass is 35.5. The Bertz CT molecular complexity index is 277. The molecule has 0 fully saturated rings. The molecule has 1 N–H and O–H groups in total. The summed E-state index contributed by atoms with van der Waals surface area (Å²) >= 11 is 6.02. The number of rotatable bonds is 5. The van der Waals surface area contributed by atoms with Crippen molar-refractivity contribution in [2.24, 2.45) is 0 Å². The van der Waals surface area contributed by atoms with Crippen molar-refractivity contribution in [2.75, 3.05) is 27.2 Å². The van der Waals surface area contributed by atoms with Crippen LogP contribution in [0.25, 0.3) is 0 Å². The Morgan fingerprint density at radius 2 is 1.93 bits per heavy atom. The lowest BCUT2D eigenvalue weighted by atomic mass is 10.2. The van der Waals surface area contributed by atoms with Gasteiger partial charge < -0.3 is 10.2 Å². The van der Waals surface area contributed by atoms with Crippen LogP contribution < -0.4 is 5.32 Å². The lowest BCUT2D eigenvalue weighted by Gasteiger charge is -2.10. The van der Waals surface area contributed by atoms with Crippen LogP contribution in [0.3, 0.4) is 0 Å². The summed E-state index contributed by atoms with van der Waals surface area (Å²) in [6, 6.07) is 7.93. The molecule has 4 heteroatoms. The summed E-state index contributed by atoms with van der Waals surface area (Å²) in [4.78, 5) is 2.15. The Hall–Kier alpha value is -0.280. The van der Waals surface area contributed by atoms with Crippen molar-refractivity contribution in [2.45, 2.75) is 6.54 Å². The summed E-state index contributed by atoms with van der Waals surface area (Å²) < 4.78 is 0. The zero-order chi connectivity index (χ0) is 10.4. The van der Waals surface area contributed by atoms with Crippen LogP contribution in [0.4, 0.5) is 0 Å². The molecule has 0 heterocycles. The molecule has 0 amide bonds. The number of halogens is 2. The molecule has 1 rings (SSSR count). The van der Waals surface area contributed by atoms with Gasteiger partial charge in [0.15, 0.2) is 0 Å². The topological polar surface area (TPSA) is 15.3 Å². The van der Waals surface area contributed by atoms with E-state index in [1.807, 2.05) is 24.3 Å². The molecular formula is C11H18Cl2N2. The van der Waals surface area contributed by atoms with E-state index < -0.39 is 0 Å². The molecule has 0 atom stereocenters. The van der Waals surface area contributed by atoms with E-state index in [0.29, 0.717) is 0 Å². The van der Waals surface area contributed by atoms with E-state index >= 15 is 0 Å². The van der Waals surface area contributed by atoms with Gasteiger partial charge in [0.1, 0.15) is 0 Å². The molecule has 0 aliphatic rings. The van der Waals surface area contributed by atoms with Gasteiger partial charge in [-0.15, -0.1) is 12.4 Å². The Balaban J connectivity index is 0.00000196. The standard InChI is InChI=1S/C11H17ClN2.ClH/c1-14(2)8-7-13-9-10-5-3-4-6-11(10)12;/h3-6,13H,7-9H2,1-2H3;1H. The third-order valence-electron chi connectivity index (χ3n) is 2.01. The van der Waals surface area contributed by atoms with Crippen molar-refractivity contribution in [3.8, 4) is 0 Å². The predicted octanol–water partition coefficient (Wildman–Crippen LogP) is 2.41. The van der Waals surface area contributed by atoms with Crippen molar-refractivity contribution in [3.63, 3.8) is 0 Å². The highest BCUT2D eigenvalue weighted by molar-refractivity contribution is 6.31. The first kappa shape index (κ1) is 14.7. The maximum atomic E-state index is 6.02. The SMILES string of the molecule is CN(C)CCNCc1ccccc1Cl.Cl. The molecule has 0 bridgehead atoms. The Labute approximate surface area is 103 Å². The minimum absolute atomic E-state index is 0. The largest absolute Gasteiger partial charge is 0.311 e. The molecule has 0 aliphatic heterocycles. The van der Waals surface area contributed by atoms with Gasteiger partial charge in [-0.05, 0) is 25.7 Å². The van der Waals surface area contributed by atoms with E-state index in [9.17, 15) is 0 Å². The fourth-order valence-corrected chi connectivity index (χ4v) is 1.37. The van der Waals surface area contributed by atoms with Crippen LogP contribution in [-0.4, -0.2) is 32.1 Å². The maximum Gasteiger partial charge on any atom is 0.0450 e. The van der Waals surface area contributed by atoms with Crippen molar-refractivity contribution < 1.29 is 0 Å². The number of hydrogen-bond acceptors (Lipinski definition) is 2. The number of nitrogens with one attached hydrogen (secondary N) is 1. The number of nitrogens with zero attached hydrogens (tertiary/aromatic N) is 1. The zero-order valence-electron chi connectivity index (χ0n) is 9.16. The van der Waals surface area contributed by atoms with Crippen molar-refractivity contribution >= 4 is 24.0 Å². The lowest BCUT2D eigenvalue weighted by molar-refractivity contribution is 0.400. The van der Waals surface area contributed by atoms with Crippen molar-refractivity contribution in [3.05, 3.63) is 34.9 Å². The monoisotopic (exact) mass is 248 g/mol. The summed E-state index contributed by atoms with van der Waals surface area (Å²) in [6.07, 6.45) is 0. The van der Waals surface area contributed by atoms with Gasteiger partial charge in [-0.1, -0.05) is 29.8 Å². The lowest BCUT2D eigenvalue weighted by Crippen LogP contribution is -2.26. The normalized spacial score (nSPS) is 10.1. The minimum atomic E-state index is 0. The minimum Gasteiger partial charge on any atom is -0.311 e. The molecule has 0 unspecified atom stereocenters. The predicted molar refractivity (Wildman–Crippen MR) is 69.0 cm³/mol. The van der Waals surface area contributed by atoms with Gasteiger partial charge in [0.2, 0.25) is 0 Å². The molecule has 0 radical (unpaired) electrons. The van der Waals surface area contributed by atoms with Gasteiger partial charge in [0.25, 0.3) is 0 Å². The molecule has 86 valence electrons. The van der Waals surface area contributed by atoms with Crippen LogP contribution in [0.5, 0.6) is 0 Å². The van der Waals surface area contributed by atoms with E-state index in [0.717, 1.165) is 30.2 Å². The number of benzene rings is 1. The Morgan fingerprint density at radius 1 is 1.27 bits per heavy atom. The molecule has 1 aromatic rings. The van der Waals surface area contributed by atoms with E-state index in [1.165, 1.54) is 0 Å². The van der Waals surface area contributed by atoms with Gasteiger partial charge in [0, 0.05) is 24.7 Å². The van der Waals surface area contributed by atoms with E-state index in [4.69, 9.17) is 11.6 Å². The van der Waals surface area contributed by atoms with Crippen LogP contribution in [-0.2, 0) is 6.54 Å². The van der Waals surface area contributed by atoms with Gasteiger partial charge in [-0.25, -0.2) is 0 Å². The van der Waals surface area contributed by atoms with E-state index in [2.05, 4.69) is 24.3 Å². The summed E-state index contributed by atoms with van der Waals surface area (Å²) in [5, 5.41) is 4.19. The van der Waals surface area contributed by atoms with Crippen molar-refractivity contribution in [1.82, 2.24) is 10.2 Å². The fourth-order valence-electron chi connectivity index (χ4n) is 1.17. The molecule has 0 spiro atoms. The van der Waals surface area contributed by atoms with Crippen LogP contribution in [0.2, 0.25) is 5.02 Å². The summed E-state index contributed by atoms with van der Waals surface area (Å²) in [5.74, 6) is 0. The highest BCUT2D eigenvalue weighted by Crippen LogP contribution is 2.13. The average Bonchev–Trinajstić information content (AvgIpc) is 2.15. The molecule has 0 saturated heterocycles. The van der Waals surface area contributed by atoms with Crippen LogP contribution in [0, 0.1) is 0 Å². The molecule has 0 aromatic heterocycles. The zero-order valence-corrected chi connectivity index (χ0v) is 10.7. The number of likely N-dealkylation sites (N-methyl/N-ethyl adjacent to an activating group) is 1. The van der Waals surface area contributed by atoms with Crippen LogP contribution in [0.1, 0.15) is 5.56 Å². The van der Waals surface area contributed by atoms with Gasteiger partial charge in [-0.3, -0.25) is 0 Å². The second-order valence-electron chi connectivity index (χ2n) is 3.57. The summed E-state index contributed by atoms with van der Waals surface area (Å²) in [7, 11) is 4.13. The smallest absolute Gasteiger partial charge is 0.0450 e. The van der Waals surface area contributed by atoms with Gasteiger partial charge in [-0.2, -0.15) is 0 Å². The summed E-state index contributed by atoms with van der Waals surface area (Å²) in [6.45, 7) is 2.87. The van der Waals surface area contributed by atoms with Crippen molar-refractivity contribution in [1.29, 1.82) is 0 Å². The second-order valence-corrected chi connectivity index (χ2v) is 3.98. The molecule has 0 saturated carbocycles. The Kier molecular flexibility index (Phi) is 7.79. The summed E-state index contributed by atoms with van der Waals surface area (Å²) in [5.41, 5.74) is 1.16. The maximum absolute atomic E-state index is 6.02. The van der Waals surface area contributed by atoms with Gasteiger partial charge in [0.05, 0.1) is 0 Å². The molecular weight excluding hydrogens is 231 g/mol. The highest BCUT2D eigenvalue weighted by Gasteiger charge is 1.97. The third kappa shape index (κ3) is 6.00. The fraction of sp³-hybridized carbons (Fsp3) is 0.455. The van der Waals surface area contributed by atoms with E-state index in [-0.39, 0.29) is 12.4 Å². The average molecular weight is 249 g/mol.